The minimum Gasteiger partial charge on any atom is -0.406 e. The van der Waals surface area contributed by atoms with E-state index in [9.17, 15) is 18.0 Å². The number of ether oxygens (including phenoxy) is 1. The van der Waals surface area contributed by atoms with Gasteiger partial charge in [0.15, 0.2) is 0 Å². The number of carbonyl (C=O) groups excluding carboxylic acids is 1. The van der Waals surface area contributed by atoms with Crippen LogP contribution in [0.25, 0.3) is 11.0 Å². The first-order valence-corrected chi connectivity index (χ1v) is 15.4. The van der Waals surface area contributed by atoms with Crippen molar-refractivity contribution in [2.75, 3.05) is 38.0 Å². The third-order valence-electron chi connectivity index (χ3n) is 7.73. The van der Waals surface area contributed by atoms with Crippen molar-refractivity contribution in [2.24, 2.45) is 0 Å². The molecule has 0 aliphatic carbocycles. The molecule has 1 aliphatic heterocycles. The number of rotatable bonds is 15. The van der Waals surface area contributed by atoms with Gasteiger partial charge in [-0.1, -0.05) is 45.2 Å². The van der Waals surface area contributed by atoms with Gasteiger partial charge in [-0.3, -0.25) is 4.79 Å². The molecule has 1 aromatic heterocycles. The van der Waals surface area contributed by atoms with E-state index in [4.69, 9.17) is 4.98 Å². The number of hydrogen-bond donors (Lipinski definition) is 1. The van der Waals surface area contributed by atoms with Gasteiger partial charge in [-0.05, 0) is 87.6 Å². The standard InChI is InChI=1S/C32H44F3N5O2/c1-3-5-19-39(20-6-4-2)30(41)26-14-15-28-29(23-26)40(21-11-18-38-16-8-7-9-17-38)31(37-28)36-24-25-12-10-13-27(22-25)42-32(33,34)35/h10,12-15,22-23H,3-9,11,16-21,24H2,1-2H3,(H,36,37). The number of hydrogen-bond acceptors (Lipinski definition) is 5. The highest BCUT2D eigenvalue weighted by Gasteiger charge is 2.31. The number of likely N-dealkylation sites (tertiary alicyclic amines) is 1. The van der Waals surface area contributed by atoms with Gasteiger partial charge in [0.1, 0.15) is 5.75 Å². The summed E-state index contributed by atoms with van der Waals surface area (Å²) in [6.07, 6.45) is 3.92. The van der Waals surface area contributed by atoms with Crippen molar-refractivity contribution < 1.29 is 22.7 Å². The number of halogens is 3. The number of aromatic nitrogens is 2. The summed E-state index contributed by atoms with van der Waals surface area (Å²) in [5, 5.41) is 3.33. The van der Waals surface area contributed by atoms with E-state index in [1.165, 1.54) is 31.4 Å². The largest absolute Gasteiger partial charge is 0.573 e. The maximum Gasteiger partial charge on any atom is 0.573 e. The Bertz CT molecular complexity index is 1280. The van der Waals surface area contributed by atoms with Gasteiger partial charge in [0, 0.05) is 31.7 Å². The predicted octanol–water partition coefficient (Wildman–Crippen LogP) is 7.47. The summed E-state index contributed by atoms with van der Waals surface area (Å²) in [6.45, 7) is 9.95. The maximum absolute atomic E-state index is 13.6. The van der Waals surface area contributed by atoms with Crippen molar-refractivity contribution in [3.8, 4) is 5.75 Å². The summed E-state index contributed by atoms with van der Waals surface area (Å²) in [5.41, 5.74) is 2.94. The molecule has 0 saturated carbocycles. The molecule has 42 heavy (non-hydrogen) atoms. The van der Waals surface area contributed by atoms with Gasteiger partial charge in [-0.25, -0.2) is 4.98 Å². The Hall–Kier alpha value is -3.27. The number of imidazole rings is 1. The highest BCUT2D eigenvalue weighted by Crippen LogP contribution is 2.26. The number of amides is 1. The molecule has 0 radical (unpaired) electrons. The Balaban J connectivity index is 1.57. The van der Waals surface area contributed by atoms with Crippen LogP contribution in [0.2, 0.25) is 0 Å². The summed E-state index contributed by atoms with van der Waals surface area (Å²) in [5.74, 6) is 0.413. The van der Waals surface area contributed by atoms with Gasteiger partial charge in [0.05, 0.1) is 11.0 Å². The highest BCUT2D eigenvalue weighted by atomic mass is 19.4. The second kappa shape index (κ2) is 15.3. The molecule has 230 valence electrons. The first kappa shape index (κ1) is 31.7. The van der Waals surface area contributed by atoms with Crippen LogP contribution in [0, 0.1) is 0 Å². The molecule has 1 fully saturated rings. The van der Waals surface area contributed by atoms with Crippen molar-refractivity contribution in [3.63, 3.8) is 0 Å². The van der Waals surface area contributed by atoms with Crippen LogP contribution >= 0.6 is 0 Å². The summed E-state index contributed by atoms with van der Waals surface area (Å²) >= 11 is 0. The van der Waals surface area contributed by atoms with Crippen molar-refractivity contribution in [1.82, 2.24) is 19.4 Å². The van der Waals surface area contributed by atoms with E-state index in [-0.39, 0.29) is 18.2 Å². The fourth-order valence-corrected chi connectivity index (χ4v) is 5.48. The van der Waals surface area contributed by atoms with E-state index >= 15 is 0 Å². The van der Waals surface area contributed by atoms with Crippen LogP contribution in [0.1, 0.15) is 81.1 Å². The Morgan fingerprint density at radius 3 is 2.40 bits per heavy atom. The van der Waals surface area contributed by atoms with Gasteiger partial charge in [-0.15, -0.1) is 13.2 Å². The van der Waals surface area contributed by atoms with Crippen molar-refractivity contribution in [1.29, 1.82) is 0 Å². The van der Waals surface area contributed by atoms with E-state index in [0.29, 0.717) is 23.6 Å². The van der Waals surface area contributed by atoms with Crippen LogP contribution in [0.3, 0.4) is 0 Å². The monoisotopic (exact) mass is 587 g/mol. The molecule has 2 heterocycles. The second-order valence-corrected chi connectivity index (χ2v) is 11.1. The lowest BCUT2D eigenvalue weighted by molar-refractivity contribution is -0.274. The number of fused-ring (bicyclic) bond motifs is 1. The number of benzene rings is 2. The van der Waals surface area contributed by atoms with Gasteiger partial charge in [0.2, 0.25) is 5.95 Å². The van der Waals surface area contributed by atoms with E-state index < -0.39 is 6.36 Å². The molecule has 7 nitrogen and oxygen atoms in total. The Kier molecular flexibility index (Phi) is 11.5. The molecule has 0 atom stereocenters. The average molecular weight is 588 g/mol. The third kappa shape index (κ3) is 9.11. The first-order valence-electron chi connectivity index (χ1n) is 15.4. The molecular formula is C32H44F3N5O2. The zero-order chi connectivity index (χ0) is 30.0. The topological polar surface area (TPSA) is 62.6 Å². The third-order valence-corrected chi connectivity index (χ3v) is 7.73. The number of carbonyl (C=O) groups is 1. The molecule has 1 N–H and O–H groups in total. The van der Waals surface area contributed by atoms with E-state index in [1.54, 1.807) is 12.1 Å². The van der Waals surface area contributed by atoms with Gasteiger partial charge >= 0.3 is 6.36 Å². The van der Waals surface area contributed by atoms with E-state index in [2.05, 4.69) is 33.4 Å². The van der Waals surface area contributed by atoms with Crippen LogP contribution in [-0.2, 0) is 13.1 Å². The zero-order valence-electron chi connectivity index (χ0n) is 24.9. The second-order valence-electron chi connectivity index (χ2n) is 11.1. The first-order chi connectivity index (χ1) is 20.3. The quantitative estimate of drug-likeness (QED) is 0.200. The SMILES string of the molecule is CCCCN(CCCC)C(=O)c1ccc2nc(NCc3cccc(OC(F)(F)F)c3)n(CCCN3CCCCC3)c2c1. The summed E-state index contributed by atoms with van der Waals surface area (Å²) in [7, 11) is 0. The molecule has 4 rings (SSSR count). The molecule has 2 aromatic carbocycles. The number of nitrogens with one attached hydrogen (secondary N) is 1. The summed E-state index contributed by atoms with van der Waals surface area (Å²) in [6, 6.07) is 11.6. The fourth-order valence-electron chi connectivity index (χ4n) is 5.48. The fraction of sp³-hybridized carbons (Fsp3) is 0.562. The normalized spacial score (nSPS) is 14.3. The summed E-state index contributed by atoms with van der Waals surface area (Å²) < 4.78 is 44.4. The molecule has 0 bridgehead atoms. The minimum absolute atomic E-state index is 0.0378. The maximum atomic E-state index is 13.6. The van der Waals surface area contributed by atoms with Crippen LogP contribution in [0.4, 0.5) is 19.1 Å². The molecule has 1 amide bonds. The Morgan fingerprint density at radius 1 is 0.976 bits per heavy atom. The number of anilines is 1. The number of nitrogens with zero attached hydrogens (tertiary/aromatic N) is 4. The minimum atomic E-state index is -4.74. The zero-order valence-corrected chi connectivity index (χ0v) is 24.9. The number of unbranched alkanes of at least 4 members (excludes halogenated alkanes) is 2. The molecule has 1 saturated heterocycles. The van der Waals surface area contributed by atoms with Crippen molar-refractivity contribution in [3.05, 3.63) is 53.6 Å². The van der Waals surface area contributed by atoms with E-state index in [1.807, 2.05) is 23.1 Å². The van der Waals surface area contributed by atoms with Gasteiger partial charge in [-0.2, -0.15) is 0 Å². The summed E-state index contributed by atoms with van der Waals surface area (Å²) in [4.78, 5) is 22.8. The van der Waals surface area contributed by atoms with Crippen LogP contribution in [0.15, 0.2) is 42.5 Å². The van der Waals surface area contributed by atoms with Crippen molar-refractivity contribution in [2.45, 2.75) is 84.7 Å². The van der Waals surface area contributed by atoms with Crippen LogP contribution in [-0.4, -0.2) is 64.3 Å². The van der Waals surface area contributed by atoms with Crippen molar-refractivity contribution >= 4 is 22.9 Å². The smallest absolute Gasteiger partial charge is 0.406 e. The molecule has 0 unspecified atom stereocenters. The number of aryl methyl sites for hydroxylation is 1. The molecule has 0 spiro atoms. The van der Waals surface area contributed by atoms with E-state index in [0.717, 1.165) is 75.9 Å². The Morgan fingerprint density at radius 2 is 1.71 bits per heavy atom. The molecule has 1 aliphatic rings. The number of piperidine rings is 1. The van der Waals surface area contributed by atoms with Crippen LogP contribution < -0.4 is 10.1 Å². The Labute approximate surface area is 247 Å². The van der Waals surface area contributed by atoms with Gasteiger partial charge < -0.3 is 24.4 Å². The van der Waals surface area contributed by atoms with Crippen LogP contribution in [0.5, 0.6) is 5.75 Å². The number of alkyl halides is 3. The molecule has 10 heteroatoms. The van der Waals surface area contributed by atoms with Gasteiger partial charge in [0.25, 0.3) is 5.91 Å². The average Bonchev–Trinajstić information content (AvgIpc) is 3.32. The lowest BCUT2D eigenvalue weighted by atomic mass is 10.1. The lowest BCUT2D eigenvalue weighted by Crippen LogP contribution is -2.33. The molecular weight excluding hydrogens is 543 g/mol. The lowest BCUT2D eigenvalue weighted by Gasteiger charge is -2.26. The highest BCUT2D eigenvalue weighted by molar-refractivity contribution is 5.97. The molecule has 3 aromatic rings. The predicted molar refractivity (Wildman–Crippen MR) is 161 cm³/mol.